The van der Waals surface area contributed by atoms with E-state index in [4.69, 9.17) is 9.47 Å². The Bertz CT molecular complexity index is 1320. The van der Waals surface area contributed by atoms with Gasteiger partial charge in [0.05, 0.1) is 22.8 Å². The monoisotopic (exact) mass is 592 g/mol. The molecule has 0 aliphatic rings. The second kappa shape index (κ2) is 14.2. The fourth-order valence-corrected chi connectivity index (χ4v) is 5.90. The van der Waals surface area contributed by atoms with Gasteiger partial charge < -0.3 is 14.4 Å². The third-order valence-electron chi connectivity index (χ3n) is 5.48. The number of aromatic nitrogens is 1. The number of carbonyl (C=O) groups excluding carboxylic acids is 1. The number of thiazole rings is 1. The maximum Gasteiger partial charge on any atom is 0.260 e. The summed E-state index contributed by atoms with van der Waals surface area (Å²) in [6, 6.07) is 7.51. The van der Waals surface area contributed by atoms with Gasteiger partial charge in [-0.15, -0.1) is 12.4 Å². The van der Waals surface area contributed by atoms with Gasteiger partial charge in [-0.1, -0.05) is 11.3 Å². The highest BCUT2D eigenvalue weighted by atomic mass is 35.5. The summed E-state index contributed by atoms with van der Waals surface area (Å²) in [5.41, 5.74) is 0.210. The van der Waals surface area contributed by atoms with Crippen LogP contribution in [-0.2, 0) is 19.5 Å². The number of nitrogens with zero attached hydrogens (tertiary/aromatic N) is 4. The summed E-state index contributed by atoms with van der Waals surface area (Å²) < 4.78 is 65.9. The van der Waals surface area contributed by atoms with Gasteiger partial charge >= 0.3 is 0 Å². The minimum atomic E-state index is -3.85. The molecule has 9 nitrogen and oxygen atoms in total. The Labute approximate surface area is 231 Å². The van der Waals surface area contributed by atoms with E-state index in [-0.39, 0.29) is 71.1 Å². The molecule has 0 saturated heterocycles. The highest BCUT2D eigenvalue weighted by molar-refractivity contribution is 7.89. The third kappa shape index (κ3) is 7.65. The van der Waals surface area contributed by atoms with Crippen LogP contribution in [0.5, 0.6) is 0 Å². The summed E-state index contributed by atoms with van der Waals surface area (Å²) in [4.78, 5) is 21.0. The van der Waals surface area contributed by atoms with Gasteiger partial charge in [0.25, 0.3) is 5.91 Å². The van der Waals surface area contributed by atoms with E-state index in [9.17, 15) is 22.0 Å². The molecule has 0 unspecified atom stereocenters. The van der Waals surface area contributed by atoms with Crippen molar-refractivity contribution in [1.29, 1.82) is 0 Å². The van der Waals surface area contributed by atoms with Crippen molar-refractivity contribution in [3.05, 3.63) is 53.6 Å². The zero-order valence-corrected chi connectivity index (χ0v) is 24.0. The molecule has 0 saturated carbocycles. The van der Waals surface area contributed by atoms with Crippen molar-refractivity contribution in [2.45, 2.75) is 4.90 Å². The van der Waals surface area contributed by atoms with E-state index in [1.807, 2.05) is 19.0 Å². The molecule has 0 atom stereocenters. The van der Waals surface area contributed by atoms with Gasteiger partial charge in [-0.25, -0.2) is 22.2 Å². The van der Waals surface area contributed by atoms with Crippen LogP contribution < -0.4 is 4.90 Å². The molecule has 0 radical (unpaired) electrons. The van der Waals surface area contributed by atoms with E-state index in [0.29, 0.717) is 6.54 Å². The Morgan fingerprint density at radius 2 is 1.58 bits per heavy atom. The highest BCUT2D eigenvalue weighted by Crippen LogP contribution is 2.32. The fraction of sp³-hybridized carbons (Fsp3) is 0.417. The highest BCUT2D eigenvalue weighted by Gasteiger charge is 2.26. The Morgan fingerprint density at radius 3 is 2.13 bits per heavy atom. The van der Waals surface area contributed by atoms with Crippen LogP contribution in [0, 0.1) is 11.6 Å². The van der Waals surface area contributed by atoms with Crippen LogP contribution in [0.3, 0.4) is 0 Å². The molecule has 0 aliphatic carbocycles. The van der Waals surface area contributed by atoms with E-state index >= 15 is 0 Å². The number of amides is 1. The third-order valence-corrected chi connectivity index (χ3v) is 8.42. The quantitative estimate of drug-likeness (QED) is 0.300. The van der Waals surface area contributed by atoms with Crippen LogP contribution in [-0.4, -0.2) is 96.2 Å². The standard InChI is InChI=1S/C24H30F2N4O5S2.ClH/c1-28(2)9-10-30(24-27-22-20(26)15-18(25)16-21(22)36-24)23(31)17-5-7-19(8-6-17)37(32,33)29(11-13-34-3)12-14-35-4;/h5-8,15-16H,9-14H2,1-4H3;1H. The lowest BCUT2D eigenvalue weighted by molar-refractivity contribution is 0.0985. The predicted octanol–water partition coefficient (Wildman–Crippen LogP) is 3.49. The molecular formula is C24H31ClF2N4O5S2. The summed E-state index contributed by atoms with van der Waals surface area (Å²) in [6.07, 6.45) is 0. The van der Waals surface area contributed by atoms with E-state index in [0.717, 1.165) is 17.4 Å². The van der Waals surface area contributed by atoms with E-state index in [1.165, 1.54) is 53.8 Å². The molecule has 38 heavy (non-hydrogen) atoms. The van der Waals surface area contributed by atoms with E-state index < -0.39 is 27.6 Å². The Hall–Kier alpha value is -2.26. The first-order valence-corrected chi connectivity index (χ1v) is 13.6. The molecule has 1 aromatic heterocycles. The molecule has 1 amide bonds. The lowest BCUT2D eigenvalue weighted by Gasteiger charge is -2.23. The molecule has 0 N–H and O–H groups in total. The molecule has 3 rings (SSSR count). The van der Waals surface area contributed by atoms with Gasteiger partial charge in [0.1, 0.15) is 11.3 Å². The zero-order chi connectivity index (χ0) is 27.2. The maximum absolute atomic E-state index is 14.3. The molecule has 0 bridgehead atoms. The second-order valence-electron chi connectivity index (χ2n) is 8.40. The smallest absolute Gasteiger partial charge is 0.260 e. The lowest BCUT2D eigenvalue weighted by Crippen LogP contribution is -2.37. The minimum Gasteiger partial charge on any atom is -0.383 e. The Kier molecular flexibility index (Phi) is 12.0. The average Bonchev–Trinajstić information content (AvgIpc) is 3.28. The molecule has 0 fully saturated rings. The molecule has 0 aliphatic heterocycles. The molecule has 3 aromatic rings. The van der Waals surface area contributed by atoms with Crippen LogP contribution in [0.25, 0.3) is 10.2 Å². The maximum atomic E-state index is 14.3. The first-order chi connectivity index (χ1) is 17.6. The van der Waals surface area contributed by atoms with Gasteiger partial charge in [-0.2, -0.15) is 4.31 Å². The number of carbonyl (C=O) groups is 1. The first kappa shape index (κ1) is 32.0. The van der Waals surface area contributed by atoms with Crippen LogP contribution in [0.4, 0.5) is 13.9 Å². The lowest BCUT2D eigenvalue weighted by atomic mass is 10.2. The number of methoxy groups -OCH3 is 2. The van der Waals surface area contributed by atoms with Gasteiger partial charge in [-0.05, 0) is 44.4 Å². The minimum absolute atomic E-state index is 0. The van der Waals surface area contributed by atoms with Crippen molar-refractivity contribution in [3.63, 3.8) is 0 Å². The van der Waals surface area contributed by atoms with Crippen LogP contribution >= 0.6 is 23.7 Å². The number of sulfonamides is 1. The predicted molar refractivity (Wildman–Crippen MR) is 146 cm³/mol. The molecule has 1 heterocycles. The number of likely N-dealkylation sites (N-methyl/N-ethyl adjacent to an activating group) is 1. The summed E-state index contributed by atoms with van der Waals surface area (Å²) in [6.45, 7) is 1.45. The van der Waals surface area contributed by atoms with Crippen molar-refractivity contribution >= 4 is 55.0 Å². The number of anilines is 1. The zero-order valence-electron chi connectivity index (χ0n) is 21.5. The number of halogens is 3. The Morgan fingerprint density at radius 1 is 0.974 bits per heavy atom. The second-order valence-corrected chi connectivity index (χ2v) is 11.4. The van der Waals surface area contributed by atoms with Gasteiger partial charge in [0.2, 0.25) is 10.0 Å². The van der Waals surface area contributed by atoms with Crippen molar-refractivity contribution < 1.29 is 31.5 Å². The number of ether oxygens (including phenoxy) is 2. The largest absolute Gasteiger partial charge is 0.383 e. The molecule has 0 spiro atoms. The van der Waals surface area contributed by atoms with Gasteiger partial charge in [-0.3, -0.25) is 9.69 Å². The summed E-state index contributed by atoms with van der Waals surface area (Å²) in [7, 11) is 2.80. The normalized spacial score (nSPS) is 11.8. The van der Waals surface area contributed by atoms with E-state index in [1.54, 1.807) is 0 Å². The Balaban J connectivity index is 0.00000507. The number of fused-ring (bicyclic) bond motifs is 1. The van der Waals surface area contributed by atoms with Crippen LogP contribution in [0.15, 0.2) is 41.3 Å². The topological polar surface area (TPSA) is 92.3 Å². The van der Waals surface area contributed by atoms with Crippen LogP contribution in [0.1, 0.15) is 10.4 Å². The molecule has 14 heteroatoms. The SMILES string of the molecule is COCCN(CCOC)S(=O)(=O)c1ccc(C(=O)N(CCN(C)C)c2nc3c(F)cc(F)cc3s2)cc1.Cl. The van der Waals surface area contributed by atoms with Crippen molar-refractivity contribution in [2.75, 3.05) is 72.6 Å². The molecular weight excluding hydrogens is 562 g/mol. The van der Waals surface area contributed by atoms with Gasteiger partial charge in [0.15, 0.2) is 10.9 Å². The molecule has 2 aromatic carbocycles. The number of benzene rings is 2. The van der Waals surface area contributed by atoms with Crippen molar-refractivity contribution in [3.8, 4) is 0 Å². The van der Waals surface area contributed by atoms with Crippen molar-refractivity contribution in [1.82, 2.24) is 14.2 Å². The van der Waals surface area contributed by atoms with Crippen molar-refractivity contribution in [2.24, 2.45) is 0 Å². The van der Waals surface area contributed by atoms with Gasteiger partial charge in [0, 0.05) is 52.0 Å². The number of hydrogen-bond donors (Lipinski definition) is 0. The first-order valence-electron chi connectivity index (χ1n) is 11.4. The number of rotatable bonds is 13. The summed E-state index contributed by atoms with van der Waals surface area (Å²) in [5, 5.41) is 0.216. The van der Waals surface area contributed by atoms with E-state index in [2.05, 4.69) is 4.98 Å². The van der Waals surface area contributed by atoms with Crippen LogP contribution in [0.2, 0.25) is 0 Å². The summed E-state index contributed by atoms with van der Waals surface area (Å²) in [5.74, 6) is -1.98. The molecule has 210 valence electrons. The number of hydrogen-bond acceptors (Lipinski definition) is 8. The average molecular weight is 593 g/mol. The fourth-order valence-electron chi connectivity index (χ4n) is 3.46. The summed E-state index contributed by atoms with van der Waals surface area (Å²) >= 11 is 1.00.